The third-order valence-electron chi connectivity index (χ3n) is 5.78. The van der Waals surface area contributed by atoms with Gasteiger partial charge in [0.15, 0.2) is 0 Å². The quantitative estimate of drug-likeness (QED) is 0.867. The molecule has 3 heterocycles. The SMILES string of the molecule is O=C(CN1[C@@H]2CC[C@H]1CC(O)(c1cccnc1)C2)NCc1ccccc1. The van der Waals surface area contributed by atoms with Gasteiger partial charge in [0.25, 0.3) is 0 Å². The van der Waals surface area contributed by atoms with Crippen LogP contribution in [0.1, 0.15) is 36.8 Å². The molecule has 2 bridgehead atoms. The number of carbonyl (C=O) groups is 1. The summed E-state index contributed by atoms with van der Waals surface area (Å²) >= 11 is 0. The standard InChI is InChI=1S/C21H25N3O2/c25-20(23-13-16-5-2-1-3-6-16)15-24-18-8-9-19(24)12-21(26,11-18)17-7-4-10-22-14-17/h1-7,10,14,18-19,26H,8-9,11-13,15H2,(H,23,25)/t18-,19+,21?. The molecule has 2 aliphatic rings. The largest absolute Gasteiger partial charge is 0.385 e. The highest BCUT2D eigenvalue weighted by molar-refractivity contribution is 5.78. The van der Waals surface area contributed by atoms with Crippen LogP contribution in [0.25, 0.3) is 0 Å². The molecule has 2 N–H and O–H groups in total. The van der Waals surface area contributed by atoms with Gasteiger partial charge in [-0.25, -0.2) is 0 Å². The summed E-state index contributed by atoms with van der Waals surface area (Å²) in [7, 11) is 0. The summed E-state index contributed by atoms with van der Waals surface area (Å²) in [5, 5.41) is 14.2. The lowest BCUT2D eigenvalue weighted by Gasteiger charge is -2.43. The summed E-state index contributed by atoms with van der Waals surface area (Å²) in [4.78, 5) is 18.9. The van der Waals surface area contributed by atoms with Crippen LogP contribution in [-0.4, -0.2) is 39.5 Å². The summed E-state index contributed by atoms with van der Waals surface area (Å²) in [6.45, 7) is 0.966. The molecule has 1 amide bonds. The van der Waals surface area contributed by atoms with Crippen LogP contribution in [0.15, 0.2) is 54.9 Å². The molecule has 2 saturated heterocycles. The van der Waals surface area contributed by atoms with Gasteiger partial charge >= 0.3 is 0 Å². The van der Waals surface area contributed by atoms with Gasteiger partial charge in [0.1, 0.15) is 0 Å². The van der Waals surface area contributed by atoms with Gasteiger partial charge in [-0.3, -0.25) is 14.7 Å². The first-order valence-corrected chi connectivity index (χ1v) is 9.33. The summed E-state index contributed by atoms with van der Waals surface area (Å²) in [6, 6.07) is 14.3. The monoisotopic (exact) mass is 351 g/mol. The van der Waals surface area contributed by atoms with E-state index in [0.29, 0.717) is 25.9 Å². The number of hydrogen-bond donors (Lipinski definition) is 2. The Labute approximate surface area is 154 Å². The number of aromatic nitrogens is 1. The molecule has 5 heteroatoms. The molecule has 0 aliphatic carbocycles. The summed E-state index contributed by atoms with van der Waals surface area (Å²) in [6.07, 6.45) is 6.91. The average Bonchev–Trinajstić information content (AvgIpc) is 2.91. The molecule has 0 saturated carbocycles. The number of piperidine rings is 1. The van der Waals surface area contributed by atoms with Crippen molar-refractivity contribution in [3.63, 3.8) is 0 Å². The molecule has 4 rings (SSSR count). The molecule has 3 atom stereocenters. The summed E-state index contributed by atoms with van der Waals surface area (Å²) in [5.41, 5.74) is 1.18. The fraction of sp³-hybridized carbons (Fsp3) is 0.429. The van der Waals surface area contributed by atoms with E-state index >= 15 is 0 Å². The maximum absolute atomic E-state index is 12.4. The molecule has 0 spiro atoms. The molecule has 2 fully saturated rings. The van der Waals surface area contributed by atoms with Crippen molar-refractivity contribution in [2.24, 2.45) is 0 Å². The molecule has 2 aliphatic heterocycles. The number of hydrogen-bond acceptors (Lipinski definition) is 4. The van der Waals surface area contributed by atoms with E-state index in [1.54, 1.807) is 12.4 Å². The van der Waals surface area contributed by atoms with Crippen molar-refractivity contribution >= 4 is 5.91 Å². The first-order valence-electron chi connectivity index (χ1n) is 9.33. The molecule has 2 aromatic rings. The lowest BCUT2D eigenvalue weighted by Crippen LogP contribution is -2.52. The van der Waals surface area contributed by atoms with Crippen LogP contribution in [0.2, 0.25) is 0 Å². The van der Waals surface area contributed by atoms with Crippen molar-refractivity contribution in [2.75, 3.05) is 6.54 Å². The smallest absolute Gasteiger partial charge is 0.234 e. The van der Waals surface area contributed by atoms with E-state index in [9.17, 15) is 9.90 Å². The van der Waals surface area contributed by atoms with E-state index in [1.165, 1.54) is 0 Å². The number of benzene rings is 1. The van der Waals surface area contributed by atoms with Crippen LogP contribution in [0.5, 0.6) is 0 Å². The van der Waals surface area contributed by atoms with Crippen molar-refractivity contribution in [2.45, 2.75) is 49.9 Å². The van der Waals surface area contributed by atoms with E-state index in [4.69, 9.17) is 0 Å². The Morgan fingerprint density at radius 3 is 2.54 bits per heavy atom. The molecule has 26 heavy (non-hydrogen) atoms. The van der Waals surface area contributed by atoms with Crippen molar-refractivity contribution in [3.05, 3.63) is 66.0 Å². The predicted octanol–water partition coefficient (Wildman–Crippen LogP) is 2.21. The minimum Gasteiger partial charge on any atom is -0.385 e. The summed E-state index contributed by atoms with van der Waals surface area (Å²) < 4.78 is 0. The number of nitrogens with one attached hydrogen (secondary N) is 1. The normalized spacial score (nSPS) is 28.0. The van der Waals surface area contributed by atoms with Crippen molar-refractivity contribution in [3.8, 4) is 0 Å². The van der Waals surface area contributed by atoms with Crippen molar-refractivity contribution in [1.82, 2.24) is 15.2 Å². The zero-order valence-electron chi connectivity index (χ0n) is 14.8. The zero-order valence-corrected chi connectivity index (χ0v) is 14.8. The van der Waals surface area contributed by atoms with E-state index < -0.39 is 5.60 Å². The highest BCUT2D eigenvalue weighted by Gasteiger charge is 2.48. The first-order chi connectivity index (χ1) is 12.6. The highest BCUT2D eigenvalue weighted by atomic mass is 16.3. The van der Waals surface area contributed by atoms with Crippen LogP contribution in [0.4, 0.5) is 0 Å². The van der Waals surface area contributed by atoms with Crippen LogP contribution in [0, 0.1) is 0 Å². The number of pyridine rings is 1. The Hall–Kier alpha value is -2.24. The third-order valence-corrected chi connectivity index (χ3v) is 5.78. The molecule has 0 radical (unpaired) electrons. The van der Waals surface area contributed by atoms with Crippen molar-refractivity contribution < 1.29 is 9.90 Å². The Morgan fingerprint density at radius 2 is 1.88 bits per heavy atom. The van der Waals surface area contributed by atoms with Gasteiger partial charge in [-0.1, -0.05) is 36.4 Å². The van der Waals surface area contributed by atoms with E-state index in [1.807, 2.05) is 42.5 Å². The second-order valence-corrected chi connectivity index (χ2v) is 7.50. The molecular formula is C21H25N3O2. The fourth-order valence-corrected chi connectivity index (χ4v) is 4.47. The predicted molar refractivity (Wildman–Crippen MR) is 99.2 cm³/mol. The van der Waals surface area contributed by atoms with Crippen LogP contribution in [0.3, 0.4) is 0 Å². The Morgan fingerprint density at radius 1 is 1.15 bits per heavy atom. The number of amides is 1. The minimum absolute atomic E-state index is 0.0533. The average molecular weight is 351 g/mol. The first kappa shape index (κ1) is 17.2. The number of rotatable bonds is 5. The second kappa shape index (κ2) is 7.17. The van der Waals surface area contributed by atoms with Gasteiger partial charge in [0, 0.05) is 36.6 Å². The van der Waals surface area contributed by atoms with Gasteiger partial charge in [-0.15, -0.1) is 0 Å². The molecule has 1 aromatic carbocycles. The Bertz CT molecular complexity index is 736. The van der Waals surface area contributed by atoms with Crippen LogP contribution < -0.4 is 5.32 Å². The lowest BCUT2D eigenvalue weighted by molar-refractivity contribution is -0.126. The van der Waals surface area contributed by atoms with E-state index in [0.717, 1.165) is 24.0 Å². The van der Waals surface area contributed by atoms with Crippen LogP contribution in [-0.2, 0) is 16.9 Å². The molecule has 136 valence electrons. The molecule has 5 nitrogen and oxygen atoms in total. The maximum Gasteiger partial charge on any atom is 0.234 e. The minimum atomic E-state index is -0.822. The third kappa shape index (κ3) is 3.50. The number of fused-ring (bicyclic) bond motifs is 2. The van der Waals surface area contributed by atoms with Gasteiger partial charge in [0.2, 0.25) is 5.91 Å². The van der Waals surface area contributed by atoms with Gasteiger partial charge < -0.3 is 10.4 Å². The number of nitrogens with zero attached hydrogens (tertiary/aromatic N) is 2. The topological polar surface area (TPSA) is 65.5 Å². The Kier molecular flexibility index (Phi) is 4.74. The summed E-state index contributed by atoms with van der Waals surface area (Å²) in [5.74, 6) is 0.0533. The fourth-order valence-electron chi connectivity index (χ4n) is 4.47. The van der Waals surface area contributed by atoms with E-state index in [2.05, 4.69) is 15.2 Å². The van der Waals surface area contributed by atoms with Gasteiger partial charge in [-0.05, 0) is 37.3 Å². The highest BCUT2D eigenvalue weighted by Crippen LogP contribution is 2.45. The zero-order chi connectivity index (χ0) is 18.0. The van der Waals surface area contributed by atoms with E-state index in [-0.39, 0.29) is 18.0 Å². The Balaban J connectivity index is 1.37. The van der Waals surface area contributed by atoms with Crippen LogP contribution >= 0.6 is 0 Å². The van der Waals surface area contributed by atoms with Gasteiger partial charge in [0.05, 0.1) is 12.1 Å². The molecular weight excluding hydrogens is 326 g/mol. The maximum atomic E-state index is 12.4. The molecule has 1 unspecified atom stereocenters. The molecule has 1 aromatic heterocycles. The van der Waals surface area contributed by atoms with Crippen molar-refractivity contribution in [1.29, 1.82) is 0 Å². The number of carbonyl (C=O) groups excluding carboxylic acids is 1. The lowest BCUT2D eigenvalue weighted by atomic mass is 9.81. The van der Waals surface area contributed by atoms with Gasteiger partial charge in [-0.2, -0.15) is 0 Å². The number of aliphatic hydroxyl groups is 1. The second-order valence-electron chi connectivity index (χ2n) is 7.50.